The molecule has 3 N–H and O–H groups in total. The lowest BCUT2D eigenvalue weighted by atomic mass is 9.97. The van der Waals surface area contributed by atoms with Crippen molar-refractivity contribution in [1.82, 2.24) is 15.5 Å². The van der Waals surface area contributed by atoms with Crippen LogP contribution in [0, 0.1) is 0 Å². The minimum atomic E-state index is -0.547. The minimum absolute atomic E-state index is 0.00000379. The highest BCUT2D eigenvalue weighted by molar-refractivity contribution is 5.75. The van der Waals surface area contributed by atoms with Gasteiger partial charge in [0, 0.05) is 58.1 Å². The zero-order valence-corrected chi connectivity index (χ0v) is 28.3. The molecule has 2 heterocycles. The first-order valence-corrected chi connectivity index (χ1v) is 16.9. The predicted molar refractivity (Wildman–Crippen MR) is 182 cm³/mol. The molecule has 5 rings (SSSR count). The lowest BCUT2D eigenvalue weighted by Gasteiger charge is -2.39. The second-order valence-corrected chi connectivity index (χ2v) is 12.6. The van der Waals surface area contributed by atoms with Crippen molar-refractivity contribution in [2.75, 3.05) is 33.9 Å². The molecule has 3 aromatic carbocycles. The molecule has 3 atom stereocenters. The first-order valence-electron chi connectivity index (χ1n) is 16.9. The Hall–Kier alpha value is -3.96. The van der Waals surface area contributed by atoms with Gasteiger partial charge in [-0.25, -0.2) is 0 Å². The molecule has 1 fully saturated rings. The lowest BCUT2D eigenvalue weighted by Crippen LogP contribution is -2.41. The summed E-state index contributed by atoms with van der Waals surface area (Å²) in [6.45, 7) is 5.08. The standard InChI is InChI=1S/C38H49N3O7/c1-26(43)39-17-6-4-5-7-37(44)40-22-27-8-14-30(15-9-27)38-47-33(21-34(48-38)29-12-10-28(25-42)11-13-29)24-41-18-16-31-19-35(45-2)36(46-3)20-32(31)23-41/h8-15,19-20,33-34,38,42H,4-7,16-18,21-25H2,1-3H3,(H,39,43)(H,40,44)/t33-,34+,38+/m1/s1. The molecule has 2 amide bonds. The van der Waals surface area contributed by atoms with E-state index >= 15 is 0 Å². The summed E-state index contributed by atoms with van der Waals surface area (Å²) in [6, 6.07) is 20.2. The molecule has 48 heavy (non-hydrogen) atoms. The van der Waals surface area contributed by atoms with E-state index in [4.69, 9.17) is 18.9 Å². The van der Waals surface area contributed by atoms with Crippen molar-refractivity contribution >= 4 is 11.8 Å². The number of methoxy groups -OCH3 is 2. The number of nitrogens with one attached hydrogen (secondary N) is 2. The Morgan fingerprint density at radius 1 is 0.875 bits per heavy atom. The van der Waals surface area contributed by atoms with Gasteiger partial charge in [0.1, 0.15) is 0 Å². The second kappa shape index (κ2) is 17.4. The maximum Gasteiger partial charge on any atom is 0.220 e. The fourth-order valence-electron chi connectivity index (χ4n) is 6.35. The summed E-state index contributed by atoms with van der Waals surface area (Å²) in [5.41, 5.74) is 6.37. The zero-order valence-electron chi connectivity index (χ0n) is 28.3. The number of carbonyl (C=O) groups is 2. The summed E-state index contributed by atoms with van der Waals surface area (Å²) in [5.74, 6) is 1.50. The fraction of sp³-hybridized carbons (Fsp3) is 0.474. The van der Waals surface area contributed by atoms with Gasteiger partial charge < -0.3 is 34.7 Å². The maximum atomic E-state index is 12.4. The van der Waals surface area contributed by atoms with Crippen LogP contribution >= 0.6 is 0 Å². The van der Waals surface area contributed by atoms with Gasteiger partial charge in [-0.2, -0.15) is 0 Å². The number of fused-ring (bicyclic) bond motifs is 1. The van der Waals surface area contributed by atoms with Crippen molar-refractivity contribution in [2.24, 2.45) is 0 Å². The van der Waals surface area contributed by atoms with Crippen molar-refractivity contribution in [2.45, 2.75) is 83.6 Å². The third-order valence-corrected chi connectivity index (χ3v) is 9.07. The van der Waals surface area contributed by atoms with Gasteiger partial charge in [-0.3, -0.25) is 14.5 Å². The van der Waals surface area contributed by atoms with E-state index in [9.17, 15) is 14.7 Å². The third-order valence-electron chi connectivity index (χ3n) is 9.07. The van der Waals surface area contributed by atoms with Crippen LogP contribution < -0.4 is 20.1 Å². The Bertz CT molecular complexity index is 1500. The largest absolute Gasteiger partial charge is 0.493 e. The summed E-state index contributed by atoms with van der Waals surface area (Å²) in [6.07, 6.45) is 3.87. The first kappa shape index (κ1) is 35.3. The van der Waals surface area contributed by atoms with Gasteiger partial charge in [0.2, 0.25) is 11.8 Å². The average Bonchev–Trinajstić information content (AvgIpc) is 3.11. The number of nitrogens with zero attached hydrogens (tertiary/aromatic N) is 1. The molecular weight excluding hydrogens is 610 g/mol. The SMILES string of the molecule is COc1cc2c(cc1OC)CN(C[C@H]1C[C@@H](c3ccc(CO)cc3)O[C@@H](c3ccc(CNC(=O)CCCCCNC(C)=O)cc3)O1)CC2. The van der Waals surface area contributed by atoms with Crippen LogP contribution in [0.4, 0.5) is 0 Å². The number of carbonyl (C=O) groups excluding carboxylic acids is 2. The number of aliphatic hydroxyl groups is 1. The summed E-state index contributed by atoms with van der Waals surface area (Å²) < 4.78 is 24.3. The lowest BCUT2D eigenvalue weighted by molar-refractivity contribution is -0.253. The molecule has 0 spiro atoms. The molecule has 0 aliphatic carbocycles. The number of hydrogen-bond donors (Lipinski definition) is 3. The zero-order chi connectivity index (χ0) is 33.9. The van der Waals surface area contributed by atoms with Crippen molar-refractivity contribution in [3.05, 3.63) is 94.0 Å². The van der Waals surface area contributed by atoms with E-state index in [2.05, 4.69) is 27.7 Å². The van der Waals surface area contributed by atoms with E-state index in [0.29, 0.717) is 25.9 Å². The first-order chi connectivity index (χ1) is 23.3. The highest BCUT2D eigenvalue weighted by atomic mass is 16.7. The summed E-state index contributed by atoms with van der Waals surface area (Å²) in [5, 5.41) is 15.3. The molecule has 1 saturated heterocycles. The predicted octanol–water partition coefficient (Wildman–Crippen LogP) is 5.11. The number of ether oxygens (including phenoxy) is 4. The van der Waals surface area contributed by atoms with Crippen LogP contribution in [0.15, 0.2) is 60.7 Å². The number of hydrogen-bond acceptors (Lipinski definition) is 8. The van der Waals surface area contributed by atoms with Crippen LogP contribution in [-0.2, 0) is 45.2 Å². The average molecular weight is 660 g/mol. The van der Waals surface area contributed by atoms with Gasteiger partial charge in [0.05, 0.1) is 33.0 Å². The topological polar surface area (TPSA) is 119 Å². The number of rotatable bonds is 15. The van der Waals surface area contributed by atoms with Crippen LogP contribution in [0.5, 0.6) is 11.5 Å². The minimum Gasteiger partial charge on any atom is -0.493 e. The van der Waals surface area contributed by atoms with E-state index in [-0.39, 0.29) is 30.6 Å². The van der Waals surface area contributed by atoms with Gasteiger partial charge >= 0.3 is 0 Å². The molecule has 0 aromatic heterocycles. The van der Waals surface area contributed by atoms with Crippen LogP contribution in [0.2, 0.25) is 0 Å². The number of aliphatic hydroxyl groups excluding tert-OH is 1. The Morgan fingerprint density at radius 3 is 2.25 bits per heavy atom. The smallest absolute Gasteiger partial charge is 0.220 e. The normalized spacial score (nSPS) is 19.3. The molecule has 2 aliphatic heterocycles. The molecule has 0 unspecified atom stereocenters. The molecule has 0 radical (unpaired) electrons. The van der Waals surface area contributed by atoms with Gasteiger partial charge in [-0.15, -0.1) is 0 Å². The van der Waals surface area contributed by atoms with Gasteiger partial charge in [-0.05, 0) is 59.2 Å². The molecule has 10 heteroatoms. The monoisotopic (exact) mass is 659 g/mol. The Labute approximate surface area is 283 Å². The molecule has 3 aromatic rings. The van der Waals surface area contributed by atoms with Gasteiger partial charge in [0.25, 0.3) is 0 Å². The van der Waals surface area contributed by atoms with Crippen molar-refractivity contribution in [3.63, 3.8) is 0 Å². The molecule has 0 bridgehead atoms. The maximum absolute atomic E-state index is 12.4. The highest BCUT2D eigenvalue weighted by Gasteiger charge is 2.34. The molecular formula is C38H49N3O7. The van der Waals surface area contributed by atoms with Crippen molar-refractivity contribution < 1.29 is 33.6 Å². The van der Waals surface area contributed by atoms with E-state index < -0.39 is 6.29 Å². The Balaban J connectivity index is 1.20. The van der Waals surface area contributed by atoms with E-state index in [0.717, 1.165) is 79.1 Å². The van der Waals surface area contributed by atoms with Crippen LogP contribution in [-0.4, -0.2) is 61.8 Å². The van der Waals surface area contributed by atoms with Crippen molar-refractivity contribution in [1.29, 1.82) is 0 Å². The van der Waals surface area contributed by atoms with Crippen LogP contribution in [0.3, 0.4) is 0 Å². The van der Waals surface area contributed by atoms with E-state index in [1.165, 1.54) is 18.1 Å². The third kappa shape index (κ3) is 9.79. The molecule has 2 aliphatic rings. The highest BCUT2D eigenvalue weighted by Crippen LogP contribution is 2.39. The van der Waals surface area contributed by atoms with Gasteiger partial charge in [0.15, 0.2) is 17.8 Å². The summed E-state index contributed by atoms with van der Waals surface area (Å²) >= 11 is 0. The van der Waals surface area contributed by atoms with Crippen molar-refractivity contribution in [3.8, 4) is 11.5 Å². The Kier molecular flexibility index (Phi) is 12.8. The van der Waals surface area contributed by atoms with E-state index in [1.54, 1.807) is 14.2 Å². The second-order valence-electron chi connectivity index (χ2n) is 12.6. The molecule has 0 saturated carbocycles. The van der Waals surface area contributed by atoms with Crippen LogP contribution in [0.25, 0.3) is 0 Å². The van der Waals surface area contributed by atoms with Crippen LogP contribution in [0.1, 0.15) is 84.8 Å². The fourth-order valence-corrected chi connectivity index (χ4v) is 6.35. The molecule has 10 nitrogen and oxygen atoms in total. The number of benzene rings is 3. The molecule has 258 valence electrons. The summed E-state index contributed by atoms with van der Waals surface area (Å²) in [7, 11) is 3.33. The number of unbranched alkanes of at least 4 members (excludes halogenated alkanes) is 2. The Morgan fingerprint density at radius 2 is 1.56 bits per heavy atom. The van der Waals surface area contributed by atoms with E-state index in [1.807, 2.05) is 48.5 Å². The quantitative estimate of drug-likeness (QED) is 0.193. The number of amides is 2. The summed E-state index contributed by atoms with van der Waals surface area (Å²) in [4.78, 5) is 25.8. The van der Waals surface area contributed by atoms with Gasteiger partial charge in [-0.1, -0.05) is 55.0 Å².